The number of nitrogens with one attached hydrogen (secondary N) is 1. The number of hydrogen-bond acceptors (Lipinski definition) is 4. The molecule has 1 saturated carbocycles. The molecule has 4 rings (SSSR count). The van der Waals surface area contributed by atoms with Crippen LogP contribution < -0.4 is 11.1 Å². The molecule has 6 nitrogen and oxygen atoms in total. The Hall–Kier alpha value is -2.60. The van der Waals surface area contributed by atoms with E-state index in [0.717, 1.165) is 66.9 Å². The van der Waals surface area contributed by atoms with Gasteiger partial charge in [-0.15, -0.1) is 0 Å². The lowest BCUT2D eigenvalue weighted by Gasteiger charge is -2.28. The van der Waals surface area contributed by atoms with Crippen LogP contribution in [0, 0.1) is 6.92 Å². The van der Waals surface area contributed by atoms with Gasteiger partial charge in [0.05, 0.1) is 11.7 Å². The van der Waals surface area contributed by atoms with Crippen LogP contribution in [0.3, 0.4) is 0 Å². The summed E-state index contributed by atoms with van der Waals surface area (Å²) < 4.78 is 2.12. The number of amides is 1. The topological polar surface area (TPSA) is 97.3 Å². The molecule has 6 heteroatoms. The molecule has 1 aromatic carbocycles. The number of aryl methyl sites for hydroxylation is 1. The third-order valence-corrected chi connectivity index (χ3v) is 5.99. The number of aliphatic hydroxyl groups is 1. The van der Waals surface area contributed by atoms with Crippen molar-refractivity contribution in [1.82, 2.24) is 4.57 Å². The molecule has 28 heavy (non-hydrogen) atoms. The SMILES string of the molecule is Cc1cc2c(n1-c1ccc(C(N)=O)c(N[C@H]3CC[C@H](O)CC3)c1)CCCC2=O. The third-order valence-electron chi connectivity index (χ3n) is 5.99. The first-order valence-electron chi connectivity index (χ1n) is 10.1. The van der Waals surface area contributed by atoms with E-state index in [2.05, 4.69) is 9.88 Å². The van der Waals surface area contributed by atoms with Crippen molar-refractivity contribution in [2.24, 2.45) is 5.73 Å². The number of Topliss-reactive ketones (excluding diaryl/α,β-unsaturated/α-hetero) is 1. The highest BCUT2D eigenvalue weighted by Gasteiger charge is 2.25. The maximum Gasteiger partial charge on any atom is 0.250 e. The summed E-state index contributed by atoms with van der Waals surface area (Å²) in [5, 5.41) is 13.2. The predicted molar refractivity (Wildman–Crippen MR) is 108 cm³/mol. The summed E-state index contributed by atoms with van der Waals surface area (Å²) in [6, 6.07) is 7.78. The lowest BCUT2D eigenvalue weighted by Crippen LogP contribution is -2.29. The van der Waals surface area contributed by atoms with Crippen molar-refractivity contribution in [2.75, 3.05) is 5.32 Å². The van der Waals surface area contributed by atoms with E-state index in [4.69, 9.17) is 5.73 Å². The van der Waals surface area contributed by atoms with Gasteiger partial charge in [0.25, 0.3) is 5.91 Å². The van der Waals surface area contributed by atoms with Crippen LogP contribution in [0.25, 0.3) is 5.69 Å². The summed E-state index contributed by atoms with van der Waals surface area (Å²) in [6.45, 7) is 2.00. The Balaban J connectivity index is 1.72. The highest BCUT2D eigenvalue weighted by Crippen LogP contribution is 2.31. The van der Waals surface area contributed by atoms with Gasteiger partial charge in [0.2, 0.25) is 0 Å². The first kappa shape index (κ1) is 18.7. The first-order chi connectivity index (χ1) is 13.4. The van der Waals surface area contributed by atoms with Gasteiger partial charge in [-0.25, -0.2) is 0 Å². The summed E-state index contributed by atoms with van der Waals surface area (Å²) in [5.74, 6) is -0.262. The number of fused-ring (bicyclic) bond motifs is 1. The van der Waals surface area contributed by atoms with Gasteiger partial charge < -0.3 is 20.7 Å². The lowest BCUT2D eigenvalue weighted by atomic mass is 9.92. The van der Waals surface area contributed by atoms with Crippen molar-refractivity contribution < 1.29 is 14.7 Å². The van der Waals surface area contributed by atoms with Crippen LogP contribution >= 0.6 is 0 Å². The molecular formula is C22H27N3O3. The van der Waals surface area contributed by atoms with Crippen LogP contribution in [-0.2, 0) is 6.42 Å². The van der Waals surface area contributed by atoms with Gasteiger partial charge >= 0.3 is 0 Å². The number of carbonyl (C=O) groups is 2. The van der Waals surface area contributed by atoms with Crippen LogP contribution in [0.1, 0.15) is 70.6 Å². The Morgan fingerprint density at radius 3 is 2.64 bits per heavy atom. The molecule has 2 aliphatic rings. The van der Waals surface area contributed by atoms with E-state index < -0.39 is 5.91 Å². The number of rotatable bonds is 4. The minimum atomic E-state index is -0.466. The van der Waals surface area contributed by atoms with E-state index >= 15 is 0 Å². The van der Waals surface area contributed by atoms with Crippen LogP contribution in [-0.4, -0.2) is 33.5 Å². The molecule has 2 aliphatic carbocycles. The van der Waals surface area contributed by atoms with Crippen molar-refractivity contribution >= 4 is 17.4 Å². The Morgan fingerprint density at radius 1 is 1.18 bits per heavy atom. The number of aliphatic hydroxyl groups excluding tert-OH is 1. The standard InChI is InChI=1S/C22H27N3O3/c1-13-11-18-20(3-2-4-21(18)27)25(13)15-7-10-17(22(23)28)19(12-15)24-14-5-8-16(26)9-6-14/h7,10-12,14,16,24,26H,2-6,8-9H2,1H3,(H2,23,28)/t14-,16-. The molecule has 0 atom stereocenters. The molecule has 1 amide bonds. The van der Waals surface area contributed by atoms with Crippen molar-refractivity contribution in [1.29, 1.82) is 0 Å². The van der Waals surface area contributed by atoms with Gasteiger partial charge in [0, 0.05) is 40.8 Å². The Morgan fingerprint density at radius 2 is 1.93 bits per heavy atom. The average molecular weight is 381 g/mol. The van der Waals surface area contributed by atoms with Crippen LogP contribution in [0.15, 0.2) is 24.3 Å². The number of primary amides is 1. The zero-order chi connectivity index (χ0) is 19.8. The number of ketones is 1. The van der Waals surface area contributed by atoms with Gasteiger partial charge in [-0.1, -0.05) is 0 Å². The molecule has 0 aliphatic heterocycles. The monoisotopic (exact) mass is 381 g/mol. The molecule has 2 aromatic rings. The number of anilines is 1. The largest absolute Gasteiger partial charge is 0.393 e. The maximum atomic E-state index is 12.3. The third kappa shape index (κ3) is 3.44. The summed E-state index contributed by atoms with van der Waals surface area (Å²) >= 11 is 0. The van der Waals surface area contributed by atoms with Gasteiger partial charge in [-0.3, -0.25) is 9.59 Å². The van der Waals surface area contributed by atoms with E-state index in [9.17, 15) is 14.7 Å². The van der Waals surface area contributed by atoms with E-state index in [1.807, 2.05) is 25.1 Å². The number of nitrogens with two attached hydrogens (primary N) is 1. The second kappa shape index (κ2) is 7.43. The number of nitrogens with zero attached hydrogens (tertiary/aromatic N) is 1. The Bertz CT molecular complexity index is 923. The molecule has 0 spiro atoms. The highest BCUT2D eigenvalue weighted by molar-refractivity contribution is 6.00. The normalized spacial score (nSPS) is 22.0. The average Bonchev–Trinajstić information content (AvgIpc) is 3.01. The molecule has 0 bridgehead atoms. The molecule has 0 radical (unpaired) electrons. The fraction of sp³-hybridized carbons (Fsp3) is 0.455. The molecule has 0 unspecified atom stereocenters. The highest BCUT2D eigenvalue weighted by atomic mass is 16.3. The molecule has 1 heterocycles. The van der Waals surface area contributed by atoms with E-state index in [1.165, 1.54) is 0 Å². The fourth-order valence-corrected chi connectivity index (χ4v) is 4.53. The van der Waals surface area contributed by atoms with Crippen molar-refractivity contribution in [3.05, 3.63) is 46.8 Å². The van der Waals surface area contributed by atoms with Crippen molar-refractivity contribution in [3.8, 4) is 5.69 Å². The Labute approximate surface area is 164 Å². The zero-order valence-electron chi connectivity index (χ0n) is 16.2. The second-order valence-electron chi connectivity index (χ2n) is 8.00. The minimum Gasteiger partial charge on any atom is -0.393 e. The molecule has 1 fully saturated rings. The summed E-state index contributed by atoms with van der Waals surface area (Å²) in [5.41, 5.74) is 10.6. The molecule has 4 N–H and O–H groups in total. The number of hydrogen-bond donors (Lipinski definition) is 3. The first-order valence-corrected chi connectivity index (χ1v) is 10.1. The quantitative estimate of drug-likeness (QED) is 0.758. The number of aromatic nitrogens is 1. The van der Waals surface area contributed by atoms with Crippen LogP contribution in [0.4, 0.5) is 5.69 Å². The fourth-order valence-electron chi connectivity index (χ4n) is 4.53. The summed E-state index contributed by atoms with van der Waals surface area (Å²) in [4.78, 5) is 24.2. The molecule has 1 aromatic heterocycles. The van der Waals surface area contributed by atoms with E-state index in [-0.39, 0.29) is 17.9 Å². The van der Waals surface area contributed by atoms with Gasteiger partial charge in [-0.2, -0.15) is 0 Å². The van der Waals surface area contributed by atoms with E-state index in [1.54, 1.807) is 6.07 Å². The molecule has 0 saturated heterocycles. The smallest absolute Gasteiger partial charge is 0.250 e. The van der Waals surface area contributed by atoms with Gasteiger partial charge in [-0.05, 0) is 69.7 Å². The maximum absolute atomic E-state index is 12.3. The van der Waals surface area contributed by atoms with Crippen LogP contribution in [0.5, 0.6) is 0 Å². The second-order valence-corrected chi connectivity index (χ2v) is 8.00. The van der Waals surface area contributed by atoms with E-state index in [0.29, 0.717) is 12.0 Å². The van der Waals surface area contributed by atoms with Gasteiger partial charge in [0.15, 0.2) is 5.78 Å². The summed E-state index contributed by atoms with van der Waals surface area (Å²) in [7, 11) is 0. The molecule has 148 valence electrons. The molecular weight excluding hydrogens is 354 g/mol. The van der Waals surface area contributed by atoms with Crippen molar-refractivity contribution in [2.45, 2.75) is 64.0 Å². The zero-order valence-corrected chi connectivity index (χ0v) is 16.2. The number of benzene rings is 1. The lowest BCUT2D eigenvalue weighted by molar-refractivity contribution is 0.0970. The Kier molecular flexibility index (Phi) is 4.98. The van der Waals surface area contributed by atoms with Crippen molar-refractivity contribution in [3.63, 3.8) is 0 Å². The minimum absolute atomic E-state index is 0.205. The predicted octanol–water partition coefficient (Wildman–Crippen LogP) is 3.12. The number of carbonyl (C=O) groups excluding carboxylic acids is 2. The van der Waals surface area contributed by atoms with Crippen LogP contribution in [0.2, 0.25) is 0 Å². The summed E-state index contributed by atoms with van der Waals surface area (Å²) in [6.07, 6.45) is 5.35. The van der Waals surface area contributed by atoms with Gasteiger partial charge in [0.1, 0.15) is 0 Å².